The molecule has 0 N–H and O–H groups in total. The first kappa shape index (κ1) is 19.8. The van der Waals surface area contributed by atoms with Crippen LogP contribution in [0.4, 0.5) is 0 Å². The number of rotatable bonds is 1. The molecule has 2 heterocycles. The number of ketones is 1. The van der Waals surface area contributed by atoms with Crippen LogP contribution in [0, 0.1) is 0 Å². The van der Waals surface area contributed by atoms with Crippen LogP contribution < -0.4 is 10.4 Å². The Morgan fingerprint density at radius 3 is 2.59 bits per heavy atom. The van der Waals surface area contributed by atoms with Crippen molar-refractivity contribution in [2.45, 2.75) is 6.42 Å². The Morgan fingerprint density at radius 1 is 1.07 bits per heavy atom. The summed E-state index contributed by atoms with van der Waals surface area (Å²) in [5, 5.41) is 1.27. The topological polar surface area (TPSA) is 73.6 Å². The standard InChI is InChI=1S/C10H4Br2O3.C9H7ClO2/c11-7-2-5-1-6(4-13)10(14)15-9(5)8(12)3-7;10-6-1-2-9-7(5-6)8(11)3-4-12-9/h1-4H;1-2,5H,3-4H2. The molecule has 0 amide bonds. The Kier molecular flexibility index (Phi) is 6.14. The summed E-state index contributed by atoms with van der Waals surface area (Å²) in [6, 6.07) is 10.2. The summed E-state index contributed by atoms with van der Waals surface area (Å²) in [6.45, 7) is 0.480. The number of carbonyl (C=O) groups is 2. The number of hydrogen-bond donors (Lipinski definition) is 0. The lowest BCUT2D eigenvalue weighted by Gasteiger charge is -2.15. The average molecular weight is 515 g/mol. The van der Waals surface area contributed by atoms with Gasteiger partial charge in [0.05, 0.1) is 16.6 Å². The van der Waals surface area contributed by atoms with E-state index in [1.807, 2.05) is 0 Å². The zero-order chi connectivity index (χ0) is 19.6. The van der Waals surface area contributed by atoms with Crippen molar-refractivity contribution in [3.05, 3.63) is 71.9 Å². The summed E-state index contributed by atoms with van der Waals surface area (Å²) < 4.78 is 11.8. The second-order valence-electron chi connectivity index (χ2n) is 5.58. The molecule has 5 nitrogen and oxygen atoms in total. The molecule has 2 aromatic carbocycles. The zero-order valence-electron chi connectivity index (χ0n) is 13.6. The van der Waals surface area contributed by atoms with Crippen molar-refractivity contribution < 1.29 is 18.7 Å². The van der Waals surface area contributed by atoms with E-state index < -0.39 is 5.63 Å². The number of carbonyl (C=O) groups excluding carboxylic acids is 2. The van der Waals surface area contributed by atoms with E-state index in [4.69, 9.17) is 20.8 Å². The third-order valence-electron chi connectivity index (χ3n) is 3.73. The van der Waals surface area contributed by atoms with Gasteiger partial charge in [-0.25, -0.2) is 4.79 Å². The Balaban J connectivity index is 0.000000159. The van der Waals surface area contributed by atoms with Crippen LogP contribution in [0.2, 0.25) is 5.02 Å². The van der Waals surface area contributed by atoms with Crippen LogP contribution in [0.1, 0.15) is 27.1 Å². The van der Waals surface area contributed by atoms with Crippen LogP contribution in [0.3, 0.4) is 0 Å². The van der Waals surface area contributed by atoms with Crippen LogP contribution >= 0.6 is 43.5 Å². The second kappa shape index (κ2) is 8.37. The van der Waals surface area contributed by atoms with E-state index in [-0.39, 0.29) is 11.3 Å². The highest BCUT2D eigenvalue weighted by Crippen LogP contribution is 2.28. The molecule has 1 aliphatic rings. The molecular weight excluding hydrogens is 503 g/mol. The molecule has 0 bridgehead atoms. The zero-order valence-corrected chi connectivity index (χ0v) is 17.6. The van der Waals surface area contributed by atoms with Gasteiger partial charge in [0.15, 0.2) is 17.7 Å². The molecule has 4 rings (SSSR count). The van der Waals surface area contributed by atoms with Gasteiger partial charge in [0.1, 0.15) is 11.3 Å². The lowest BCUT2D eigenvalue weighted by molar-refractivity contribution is 0.0933. The molecule has 0 atom stereocenters. The number of fused-ring (bicyclic) bond motifs is 2. The fraction of sp³-hybridized carbons (Fsp3) is 0.105. The third kappa shape index (κ3) is 4.48. The highest BCUT2D eigenvalue weighted by atomic mass is 79.9. The Hall–Kier alpha value is -1.96. The van der Waals surface area contributed by atoms with Crippen LogP contribution in [-0.4, -0.2) is 18.7 Å². The molecular formula is C19H11Br2ClO5. The van der Waals surface area contributed by atoms with Crippen molar-refractivity contribution >= 4 is 66.5 Å². The van der Waals surface area contributed by atoms with Gasteiger partial charge in [0.2, 0.25) is 0 Å². The fourth-order valence-corrected chi connectivity index (χ4v) is 4.00. The number of halogens is 3. The van der Waals surface area contributed by atoms with Gasteiger partial charge in [-0.2, -0.15) is 0 Å². The summed E-state index contributed by atoms with van der Waals surface area (Å²) in [5.41, 5.74) is 0.440. The van der Waals surface area contributed by atoms with Gasteiger partial charge in [0, 0.05) is 21.3 Å². The minimum absolute atomic E-state index is 0.0208. The quantitative estimate of drug-likeness (QED) is 0.320. The maximum atomic E-state index is 11.3. The first-order valence-corrected chi connectivity index (χ1v) is 9.69. The van der Waals surface area contributed by atoms with Gasteiger partial charge in [0.25, 0.3) is 0 Å². The largest absolute Gasteiger partial charge is 0.492 e. The van der Waals surface area contributed by atoms with Crippen LogP contribution in [-0.2, 0) is 0 Å². The Labute approximate surface area is 175 Å². The predicted molar refractivity (Wildman–Crippen MR) is 109 cm³/mol. The van der Waals surface area contributed by atoms with E-state index >= 15 is 0 Å². The SMILES string of the molecule is O=C1CCOc2ccc(Cl)cc21.O=Cc1cc2cc(Br)cc(Br)c2oc1=O. The Bertz CT molecular complexity index is 1110. The van der Waals surface area contributed by atoms with E-state index in [2.05, 4.69) is 31.9 Å². The molecule has 0 aliphatic carbocycles. The van der Waals surface area contributed by atoms with Gasteiger partial charge in [-0.15, -0.1) is 0 Å². The van der Waals surface area contributed by atoms with Crippen molar-refractivity contribution in [3.8, 4) is 5.75 Å². The van der Waals surface area contributed by atoms with Crippen molar-refractivity contribution in [2.75, 3.05) is 6.61 Å². The van der Waals surface area contributed by atoms with E-state index in [1.165, 1.54) is 6.07 Å². The van der Waals surface area contributed by atoms with Gasteiger partial charge < -0.3 is 9.15 Å². The van der Waals surface area contributed by atoms with Gasteiger partial charge >= 0.3 is 5.63 Å². The number of aldehydes is 1. The van der Waals surface area contributed by atoms with Crippen LogP contribution in [0.5, 0.6) is 5.75 Å². The molecule has 1 aromatic heterocycles. The predicted octanol–water partition coefficient (Wildman–Crippen LogP) is 5.44. The summed E-state index contributed by atoms with van der Waals surface area (Å²) in [4.78, 5) is 33.1. The summed E-state index contributed by atoms with van der Waals surface area (Å²) in [7, 11) is 0. The molecule has 0 unspecified atom stereocenters. The average Bonchev–Trinajstić information content (AvgIpc) is 2.63. The number of Topliss-reactive ketones (excluding diaryl/α,β-unsaturated/α-hetero) is 1. The number of benzene rings is 2. The number of hydrogen-bond acceptors (Lipinski definition) is 5. The maximum Gasteiger partial charge on any atom is 0.346 e. The van der Waals surface area contributed by atoms with E-state index in [0.717, 1.165) is 4.47 Å². The molecule has 27 heavy (non-hydrogen) atoms. The Morgan fingerprint density at radius 2 is 1.85 bits per heavy atom. The summed E-state index contributed by atoms with van der Waals surface area (Å²) >= 11 is 12.3. The van der Waals surface area contributed by atoms with Crippen LogP contribution in [0.25, 0.3) is 11.0 Å². The second-order valence-corrected chi connectivity index (χ2v) is 7.78. The van der Waals surface area contributed by atoms with E-state index in [1.54, 1.807) is 30.3 Å². The minimum Gasteiger partial charge on any atom is -0.492 e. The molecule has 138 valence electrons. The normalized spacial score (nSPS) is 12.6. The van der Waals surface area contributed by atoms with E-state index in [0.29, 0.717) is 51.1 Å². The first-order valence-electron chi connectivity index (χ1n) is 7.72. The highest BCUT2D eigenvalue weighted by Gasteiger charge is 2.17. The first-order chi connectivity index (χ1) is 12.9. The maximum absolute atomic E-state index is 11.3. The molecule has 0 spiro atoms. The van der Waals surface area contributed by atoms with E-state index in [9.17, 15) is 14.4 Å². The van der Waals surface area contributed by atoms with Gasteiger partial charge in [-0.3, -0.25) is 9.59 Å². The summed E-state index contributed by atoms with van der Waals surface area (Å²) in [6.07, 6.45) is 0.938. The van der Waals surface area contributed by atoms with Crippen molar-refractivity contribution in [3.63, 3.8) is 0 Å². The molecule has 8 heteroatoms. The molecule has 0 radical (unpaired) electrons. The van der Waals surface area contributed by atoms with Crippen LogP contribution in [0.15, 0.2) is 54.6 Å². The fourth-order valence-electron chi connectivity index (χ4n) is 2.49. The highest BCUT2D eigenvalue weighted by molar-refractivity contribution is 9.11. The number of ether oxygens (including phenoxy) is 1. The molecule has 0 saturated carbocycles. The minimum atomic E-state index is -0.625. The third-order valence-corrected chi connectivity index (χ3v) is 5.02. The van der Waals surface area contributed by atoms with Crippen molar-refractivity contribution in [2.24, 2.45) is 0 Å². The smallest absolute Gasteiger partial charge is 0.346 e. The molecule has 0 saturated heterocycles. The van der Waals surface area contributed by atoms with Crippen molar-refractivity contribution in [1.29, 1.82) is 0 Å². The summed E-state index contributed by atoms with van der Waals surface area (Å²) in [5.74, 6) is 0.759. The molecule has 1 aliphatic heterocycles. The van der Waals surface area contributed by atoms with Crippen molar-refractivity contribution in [1.82, 2.24) is 0 Å². The lowest BCUT2D eigenvalue weighted by atomic mass is 10.1. The molecule has 3 aromatic rings. The lowest BCUT2D eigenvalue weighted by Crippen LogP contribution is -2.14. The van der Waals surface area contributed by atoms with Gasteiger partial charge in [-0.1, -0.05) is 27.5 Å². The monoisotopic (exact) mass is 512 g/mol. The molecule has 0 fully saturated rings. The van der Waals surface area contributed by atoms with Gasteiger partial charge in [-0.05, 0) is 52.3 Å².